The third kappa shape index (κ3) is 3.85. The highest BCUT2D eigenvalue weighted by atomic mass is 32.1. The summed E-state index contributed by atoms with van der Waals surface area (Å²) in [6.07, 6.45) is 4.97. The molecule has 0 aromatic carbocycles. The van der Waals surface area contributed by atoms with Crippen molar-refractivity contribution >= 4 is 11.7 Å². The number of hydrogen-bond donors (Lipinski definition) is 2. The van der Waals surface area contributed by atoms with E-state index in [1.54, 1.807) is 6.20 Å². The molecule has 1 aliphatic heterocycles. The number of ether oxygens (including phenoxy) is 1. The molecule has 1 saturated heterocycles. The number of nitrogens with zero attached hydrogens (tertiary/aromatic N) is 3. The van der Waals surface area contributed by atoms with E-state index in [1.165, 1.54) is 25.8 Å². The number of hydrogen-bond acceptors (Lipinski definition) is 7. The molecule has 1 aromatic rings. The fourth-order valence-electron chi connectivity index (χ4n) is 2.49. The van der Waals surface area contributed by atoms with Crippen molar-refractivity contribution in [2.75, 3.05) is 26.2 Å². The van der Waals surface area contributed by atoms with Crippen LogP contribution < -0.4 is 10.1 Å². The highest BCUT2D eigenvalue weighted by Gasteiger charge is 2.34. The van der Waals surface area contributed by atoms with Gasteiger partial charge >= 0.3 is 0 Å². The predicted octanol–water partition coefficient (Wildman–Crippen LogP) is 0.104. The van der Waals surface area contributed by atoms with E-state index in [0.717, 1.165) is 24.3 Å². The van der Waals surface area contributed by atoms with Gasteiger partial charge in [-0.2, -0.15) is 4.37 Å². The minimum Gasteiger partial charge on any atom is -0.473 e. The van der Waals surface area contributed by atoms with Crippen LogP contribution in [0.3, 0.4) is 0 Å². The van der Waals surface area contributed by atoms with Crippen LogP contribution in [0.2, 0.25) is 0 Å². The lowest BCUT2D eigenvalue weighted by molar-refractivity contribution is 0.102. The van der Waals surface area contributed by atoms with Gasteiger partial charge in [0.15, 0.2) is 0 Å². The van der Waals surface area contributed by atoms with Gasteiger partial charge in [0.1, 0.15) is 18.9 Å². The smallest absolute Gasteiger partial charge is 0.245 e. The third-order valence-corrected chi connectivity index (χ3v) is 4.15. The standard InChI is InChI=1S/C12H20N4O2S/c17-11(8-18-12-6-14-19-15-12)5-13-9-3-4-16(7-9)10-1-2-10/h6,9-11,13,17H,1-5,7-8H2. The van der Waals surface area contributed by atoms with Gasteiger partial charge in [0.25, 0.3) is 0 Å². The molecule has 1 aromatic heterocycles. The second-order valence-electron chi connectivity index (χ2n) is 5.33. The van der Waals surface area contributed by atoms with Crippen molar-refractivity contribution in [3.8, 4) is 5.88 Å². The average Bonchev–Trinajstić information content (AvgIpc) is 2.95. The quantitative estimate of drug-likeness (QED) is 0.740. The summed E-state index contributed by atoms with van der Waals surface area (Å²) >= 11 is 1.11. The Bertz CT molecular complexity index is 385. The van der Waals surface area contributed by atoms with Gasteiger partial charge in [-0.25, -0.2) is 0 Å². The molecule has 19 heavy (non-hydrogen) atoms. The molecule has 0 spiro atoms. The van der Waals surface area contributed by atoms with E-state index < -0.39 is 6.10 Å². The Morgan fingerprint density at radius 2 is 2.42 bits per heavy atom. The molecular weight excluding hydrogens is 264 g/mol. The number of nitrogens with one attached hydrogen (secondary N) is 1. The van der Waals surface area contributed by atoms with Crippen molar-refractivity contribution < 1.29 is 9.84 Å². The van der Waals surface area contributed by atoms with Gasteiger partial charge in [0, 0.05) is 31.7 Å². The summed E-state index contributed by atoms with van der Waals surface area (Å²) in [7, 11) is 0. The lowest BCUT2D eigenvalue weighted by Gasteiger charge is -2.17. The Morgan fingerprint density at radius 1 is 1.53 bits per heavy atom. The van der Waals surface area contributed by atoms with Crippen LogP contribution >= 0.6 is 11.7 Å². The first-order valence-corrected chi connectivity index (χ1v) is 7.60. The van der Waals surface area contributed by atoms with E-state index in [-0.39, 0.29) is 6.61 Å². The Balaban J connectivity index is 1.31. The molecule has 2 fully saturated rings. The van der Waals surface area contributed by atoms with Crippen molar-refractivity contribution in [3.05, 3.63) is 6.20 Å². The van der Waals surface area contributed by atoms with Crippen molar-refractivity contribution in [1.29, 1.82) is 0 Å². The normalized spacial score (nSPS) is 25.6. The summed E-state index contributed by atoms with van der Waals surface area (Å²) in [4.78, 5) is 2.56. The number of aliphatic hydroxyl groups is 1. The van der Waals surface area contributed by atoms with E-state index in [0.29, 0.717) is 18.5 Å². The molecule has 2 atom stereocenters. The zero-order valence-electron chi connectivity index (χ0n) is 10.9. The second-order valence-corrected chi connectivity index (χ2v) is 5.89. The number of aromatic nitrogens is 2. The van der Waals surface area contributed by atoms with Crippen molar-refractivity contribution in [3.63, 3.8) is 0 Å². The Kier molecular flexibility index (Phi) is 4.27. The SMILES string of the molecule is OC(CNC1CCN(C2CC2)C1)COc1cnsn1. The zero-order chi connectivity index (χ0) is 13.1. The molecule has 1 saturated carbocycles. The summed E-state index contributed by atoms with van der Waals surface area (Å²) in [6.45, 7) is 3.14. The molecule has 3 rings (SSSR count). The van der Waals surface area contributed by atoms with Crippen molar-refractivity contribution in [1.82, 2.24) is 19.0 Å². The molecule has 0 bridgehead atoms. The van der Waals surface area contributed by atoms with E-state index in [2.05, 4.69) is 19.0 Å². The van der Waals surface area contributed by atoms with Gasteiger partial charge in [-0.15, -0.1) is 4.37 Å². The predicted molar refractivity (Wildman–Crippen MR) is 72.4 cm³/mol. The summed E-state index contributed by atoms with van der Waals surface area (Å²) < 4.78 is 13.1. The average molecular weight is 284 g/mol. The summed E-state index contributed by atoms with van der Waals surface area (Å²) in [5.74, 6) is 0.491. The molecule has 106 valence electrons. The highest BCUT2D eigenvalue weighted by Crippen LogP contribution is 2.29. The minimum atomic E-state index is -0.503. The minimum absolute atomic E-state index is 0.261. The first-order chi connectivity index (χ1) is 9.31. The Morgan fingerprint density at radius 3 is 3.16 bits per heavy atom. The fourth-order valence-corrected chi connectivity index (χ4v) is 2.85. The molecule has 7 heteroatoms. The Labute approximate surface area is 117 Å². The van der Waals surface area contributed by atoms with Gasteiger partial charge in [0.05, 0.1) is 11.7 Å². The largest absolute Gasteiger partial charge is 0.473 e. The monoisotopic (exact) mass is 284 g/mol. The topological polar surface area (TPSA) is 70.5 Å². The van der Waals surface area contributed by atoms with Gasteiger partial charge in [0.2, 0.25) is 5.88 Å². The lowest BCUT2D eigenvalue weighted by Crippen LogP contribution is -2.39. The molecule has 6 nitrogen and oxygen atoms in total. The number of likely N-dealkylation sites (tertiary alicyclic amines) is 1. The lowest BCUT2D eigenvalue weighted by atomic mass is 10.2. The number of rotatable bonds is 7. The first-order valence-electron chi connectivity index (χ1n) is 6.87. The summed E-state index contributed by atoms with van der Waals surface area (Å²) in [6, 6.07) is 1.36. The van der Waals surface area contributed by atoms with Crippen molar-refractivity contribution in [2.24, 2.45) is 0 Å². The fraction of sp³-hybridized carbons (Fsp3) is 0.833. The molecule has 2 N–H and O–H groups in total. The maximum absolute atomic E-state index is 9.85. The van der Waals surface area contributed by atoms with E-state index in [4.69, 9.17) is 4.74 Å². The van der Waals surface area contributed by atoms with E-state index in [1.807, 2.05) is 0 Å². The molecule has 2 aliphatic rings. The first kappa shape index (κ1) is 13.2. The molecule has 1 aliphatic carbocycles. The molecule has 2 unspecified atom stereocenters. The van der Waals surface area contributed by atoms with Crippen LogP contribution in [0.1, 0.15) is 19.3 Å². The second kappa shape index (κ2) is 6.13. The Hall–Kier alpha value is -0.760. The van der Waals surface area contributed by atoms with Crippen molar-refractivity contribution in [2.45, 2.75) is 37.5 Å². The third-order valence-electron chi connectivity index (χ3n) is 3.69. The van der Waals surface area contributed by atoms with Crippen LogP contribution in [-0.2, 0) is 0 Å². The molecule has 0 radical (unpaired) electrons. The number of aliphatic hydroxyl groups excluding tert-OH is 1. The van der Waals surface area contributed by atoms with Gasteiger partial charge < -0.3 is 15.2 Å². The molecule has 0 amide bonds. The molecule has 2 heterocycles. The van der Waals surface area contributed by atoms with Gasteiger partial charge in [-0.1, -0.05) is 0 Å². The van der Waals surface area contributed by atoms with Crippen LogP contribution in [-0.4, -0.2) is 63.2 Å². The van der Waals surface area contributed by atoms with Crippen LogP contribution in [0.5, 0.6) is 5.88 Å². The highest BCUT2D eigenvalue weighted by molar-refractivity contribution is 6.99. The van der Waals surface area contributed by atoms with Crippen LogP contribution in [0.4, 0.5) is 0 Å². The van der Waals surface area contributed by atoms with Crippen LogP contribution in [0, 0.1) is 0 Å². The summed E-state index contributed by atoms with van der Waals surface area (Å²) in [5.41, 5.74) is 0. The summed E-state index contributed by atoms with van der Waals surface area (Å²) in [5, 5.41) is 13.3. The zero-order valence-corrected chi connectivity index (χ0v) is 11.7. The van der Waals surface area contributed by atoms with Crippen LogP contribution in [0.25, 0.3) is 0 Å². The van der Waals surface area contributed by atoms with Crippen LogP contribution in [0.15, 0.2) is 6.20 Å². The van der Waals surface area contributed by atoms with Gasteiger partial charge in [-0.05, 0) is 19.3 Å². The van der Waals surface area contributed by atoms with E-state index in [9.17, 15) is 5.11 Å². The van der Waals surface area contributed by atoms with Gasteiger partial charge in [-0.3, -0.25) is 4.90 Å². The molecular formula is C12H20N4O2S. The van der Waals surface area contributed by atoms with E-state index >= 15 is 0 Å². The maximum atomic E-state index is 9.85. The maximum Gasteiger partial charge on any atom is 0.245 e.